The molecule has 57 heavy (non-hydrogen) atoms. The molecule has 0 bridgehead atoms. The van der Waals surface area contributed by atoms with Crippen LogP contribution in [0.25, 0.3) is 66.1 Å². The van der Waals surface area contributed by atoms with E-state index in [0.717, 1.165) is 5.69 Å². The van der Waals surface area contributed by atoms with Gasteiger partial charge in [0.1, 0.15) is 0 Å². The molecule has 9 aromatic carbocycles. The molecule has 11 rings (SSSR count). The van der Waals surface area contributed by atoms with Crippen molar-refractivity contribution in [1.29, 1.82) is 0 Å². The molecule has 2 nitrogen and oxygen atoms in total. The maximum atomic E-state index is 2.56. The van der Waals surface area contributed by atoms with E-state index in [1.54, 1.807) is 0 Å². The third kappa shape index (κ3) is 5.10. The average Bonchev–Trinajstić information content (AvgIpc) is 3.81. The Bertz CT molecular complexity index is 3110. The molecule has 0 saturated heterocycles. The first kappa shape index (κ1) is 33.2. The van der Waals surface area contributed by atoms with Crippen LogP contribution in [0.3, 0.4) is 0 Å². The van der Waals surface area contributed by atoms with Gasteiger partial charge < -0.3 is 9.13 Å². The standard InChI is InChI=1S/C54H38N2Si/c1-6-21-39(22-7-1)40-37-50-53(45-31-16-18-33-47(45)55(50)41-23-8-2-9-24-41)51(38-40)56-48-34-19-17-32-46(48)54-49(56)35-20-36-52(54)57(42-25-10-3-11-26-42,43-27-12-4-13-28-43)44-29-14-5-15-30-44/h1-38H. The summed E-state index contributed by atoms with van der Waals surface area (Å²) in [6, 6.07) is 85.3. The average molecular weight is 743 g/mol. The lowest BCUT2D eigenvalue weighted by atomic mass is 10.0. The number of para-hydroxylation sites is 3. The van der Waals surface area contributed by atoms with Gasteiger partial charge >= 0.3 is 0 Å². The Labute approximate surface area is 333 Å². The predicted molar refractivity (Wildman–Crippen MR) is 244 cm³/mol. The third-order valence-corrected chi connectivity index (χ3v) is 16.7. The molecule has 0 N–H and O–H groups in total. The molecule has 0 radical (unpaired) electrons. The Hall–Kier alpha value is -7.20. The molecule has 2 heterocycles. The van der Waals surface area contributed by atoms with E-state index < -0.39 is 8.07 Å². The first-order chi connectivity index (χ1) is 28.3. The molecule has 0 amide bonds. The van der Waals surface area contributed by atoms with E-state index >= 15 is 0 Å². The number of nitrogens with zero attached hydrogens (tertiary/aromatic N) is 2. The van der Waals surface area contributed by atoms with Crippen LogP contribution >= 0.6 is 0 Å². The summed E-state index contributed by atoms with van der Waals surface area (Å²) in [5.41, 5.74) is 9.47. The summed E-state index contributed by atoms with van der Waals surface area (Å²) in [7, 11) is -2.89. The van der Waals surface area contributed by atoms with Crippen LogP contribution in [0.1, 0.15) is 0 Å². The topological polar surface area (TPSA) is 9.86 Å². The zero-order valence-corrected chi connectivity index (χ0v) is 32.3. The van der Waals surface area contributed by atoms with Crippen molar-refractivity contribution in [2.45, 2.75) is 0 Å². The second kappa shape index (κ2) is 13.5. The van der Waals surface area contributed by atoms with E-state index in [2.05, 4.69) is 240 Å². The maximum Gasteiger partial charge on any atom is 0.180 e. The van der Waals surface area contributed by atoms with Gasteiger partial charge in [-0.2, -0.15) is 0 Å². The monoisotopic (exact) mass is 742 g/mol. The summed E-state index contributed by atoms with van der Waals surface area (Å²) in [4.78, 5) is 0. The van der Waals surface area contributed by atoms with Crippen LogP contribution in [-0.4, -0.2) is 17.2 Å². The van der Waals surface area contributed by atoms with Crippen molar-refractivity contribution in [3.05, 3.63) is 231 Å². The fourth-order valence-electron chi connectivity index (χ4n) is 9.53. The van der Waals surface area contributed by atoms with Gasteiger partial charge in [0, 0.05) is 27.2 Å². The largest absolute Gasteiger partial charge is 0.309 e. The fourth-order valence-corrected chi connectivity index (χ4v) is 14.5. The smallest absolute Gasteiger partial charge is 0.180 e. The van der Waals surface area contributed by atoms with Crippen LogP contribution < -0.4 is 20.7 Å². The molecule has 0 saturated carbocycles. The van der Waals surface area contributed by atoms with Crippen molar-refractivity contribution < 1.29 is 0 Å². The molecule has 0 aliphatic carbocycles. The van der Waals surface area contributed by atoms with Crippen molar-refractivity contribution >= 4 is 72.4 Å². The van der Waals surface area contributed by atoms with Crippen molar-refractivity contribution in [1.82, 2.24) is 9.13 Å². The summed E-state index contributed by atoms with van der Waals surface area (Å²) in [5, 5.41) is 10.5. The summed E-state index contributed by atoms with van der Waals surface area (Å²) in [5.74, 6) is 0. The van der Waals surface area contributed by atoms with Gasteiger partial charge in [0.2, 0.25) is 0 Å². The molecule has 0 spiro atoms. The number of aromatic nitrogens is 2. The highest BCUT2D eigenvalue weighted by atomic mass is 28.3. The highest BCUT2D eigenvalue weighted by Gasteiger charge is 2.43. The van der Waals surface area contributed by atoms with Crippen LogP contribution in [0.5, 0.6) is 0 Å². The lowest BCUT2D eigenvalue weighted by Gasteiger charge is -2.35. The Morgan fingerprint density at radius 3 is 1.33 bits per heavy atom. The van der Waals surface area contributed by atoms with E-state index in [1.807, 2.05) is 0 Å². The van der Waals surface area contributed by atoms with Crippen molar-refractivity contribution in [2.75, 3.05) is 0 Å². The van der Waals surface area contributed by atoms with Gasteiger partial charge in [-0.1, -0.05) is 188 Å². The zero-order chi connectivity index (χ0) is 37.8. The highest BCUT2D eigenvalue weighted by molar-refractivity contribution is 7.20. The lowest BCUT2D eigenvalue weighted by Crippen LogP contribution is -2.74. The minimum absolute atomic E-state index is 1.15. The first-order valence-corrected chi connectivity index (χ1v) is 21.7. The van der Waals surface area contributed by atoms with Gasteiger partial charge in [0.25, 0.3) is 0 Å². The molecular formula is C54H38N2Si. The molecular weight excluding hydrogens is 705 g/mol. The summed E-state index contributed by atoms with van der Waals surface area (Å²) < 4.78 is 5.00. The van der Waals surface area contributed by atoms with E-state index in [4.69, 9.17) is 0 Å². The number of fused-ring (bicyclic) bond motifs is 6. The Morgan fingerprint density at radius 1 is 0.298 bits per heavy atom. The van der Waals surface area contributed by atoms with E-state index in [-0.39, 0.29) is 0 Å². The third-order valence-electron chi connectivity index (χ3n) is 11.8. The minimum atomic E-state index is -2.89. The second-order valence-electron chi connectivity index (χ2n) is 14.8. The summed E-state index contributed by atoms with van der Waals surface area (Å²) >= 11 is 0. The second-order valence-corrected chi connectivity index (χ2v) is 18.6. The molecule has 0 aliphatic rings. The Balaban J connectivity index is 1.33. The first-order valence-electron chi connectivity index (χ1n) is 19.7. The van der Waals surface area contributed by atoms with E-state index in [0.29, 0.717) is 0 Å². The van der Waals surface area contributed by atoms with Crippen LogP contribution in [-0.2, 0) is 0 Å². The van der Waals surface area contributed by atoms with Gasteiger partial charge in [0.15, 0.2) is 8.07 Å². The summed E-state index contributed by atoms with van der Waals surface area (Å²) in [6.07, 6.45) is 0. The van der Waals surface area contributed by atoms with Crippen LogP contribution in [0, 0.1) is 0 Å². The molecule has 0 aliphatic heterocycles. The molecule has 0 atom stereocenters. The van der Waals surface area contributed by atoms with Gasteiger partial charge in [-0.3, -0.25) is 0 Å². The van der Waals surface area contributed by atoms with Gasteiger partial charge in [-0.25, -0.2) is 0 Å². The SMILES string of the molecule is c1ccc(-c2cc(-n3c4ccccc4c4c([Si](c5ccccc5)(c5ccccc5)c5ccccc5)cccc43)c3c4ccccc4n(-c4ccccc4)c3c2)cc1. The maximum absolute atomic E-state index is 2.89. The molecule has 3 heteroatoms. The van der Waals surface area contributed by atoms with Crippen molar-refractivity contribution in [3.63, 3.8) is 0 Å². The van der Waals surface area contributed by atoms with E-state index in [1.165, 1.54) is 81.2 Å². The highest BCUT2D eigenvalue weighted by Crippen LogP contribution is 2.42. The Kier molecular flexibility index (Phi) is 7.87. The Morgan fingerprint density at radius 2 is 0.754 bits per heavy atom. The van der Waals surface area contributed by atoms with Crippen LogP contribution in [0.4, 0.5) is 0 Å². The number of hydrogen-bond donors (Lipinski definition) is 0. The van der Waals surface area contributed by atoms with Crippen molar-refractivity contribution in [2.24, 2.45) is 0 Å². The van der Waals surface area contributed by atoms with Crippen molar-refractivity contribution in [3.8, 4) is 22.5 Å². The fraction of sp³-hybridized carbons (Fsp3) is 0. The molecule has 2 aromatic heterocycles. The zero-order valence-electron chi connectivity index (χ0n) is 31.3. The number of benzene rings is 9. The summed E-state index contributed by atoms with van der Waals surface area (Å²) in [6.45, 7) is 0. The minimum Gasteiger partial charge on any atom is -0.309 e. The quantitative estimate of drug-likeness (QED) is 0.114. The van der Waals surface area contributed by atoms with Gasteiger partial charge in [0.05, 0.1) is 27.8 Å². The van der Waals surface area contributed by atoms with Crippen LogP contribution in [0.2, 0.25) is 0 Å². The molecule has 0 fully saturated rings. The molecule has 0 unspecified atom stereocenters. The lowest BCUT2D eigenvalue weighted by molar-refractivity contribution is 1.17. The number of hydrogen-bond acceptors (Lipinski definition) is 0. The number of rotatable bonds is 7. The molecule has 268 valence electrons. The normalized spacial score (nSPS) is 11.9. The predicted octanol–water partition coefficient (Wildman–Crippen LogP) is 10.9. The van der Waals surface area contributed by atoms with Crippen LogP contribution in [0.15, 0.2) is 231 Å². The van der Waals surface area contributed by atoms with E-state index in [9.17, 15) is 0 Å². The van der Waals surface area contributed by atoms with Gasteiger partial charge in [-0.05, 0) is 74.3 Å². The van der Waals surface area contributed by atoms with Gasteiger partial charge in [-0.15, -0.1) is 0 Å². The molecule has 11 aromatic rings.